The van der Waals surface area contributed by atoms with Crippen molar-refractivity contribution < 1.29 is 23.7 Å². The van der Waals surface area contributed by atoms with E-state index in [0.717, 1.165) is 27.2 Å². The van der Waals surface area contributed by atoms with E-state index in [4.69, 9.17) is 18.9 Å². The first kappa shape index (κ1) is 20.1. The maximum atomic E-state index is 11.5. The number of benzene rings is 2. The molecule has 0 radical (unpaired) electrons. The van der Waals surface area contributed by atoms with Gasteiger partial charge in [-0.1, -0.05) is 30.8 Å². The van der Waals surface area contributed by atoms with Crippen LogP contribution in [-0.2, 0) is 14.3 Å². The van der Waals surface area contributed by atoms with Crippen molar-refractivity contribution in [2.24, 2.45) is 0 Å². The zero-order valence-electron chi connectivity index (χ0n) is 15.4. The summed E-state index contributed by atoms with van der Waals surface area (Å²) in [5.41, 5.74) is 0.373. The summed E-state index contributed by atoms with van der Waals surface area (Å²) < 4.78 is 22.0. The smallest absolute Gasteiger partial charge is 0.333 e. The Balaban J connectivity index is 2.21. The van der Waals surface area contributed by atoms with Crippen molar-refractivity contribution in [3.05, 3.63) is 42.5 Å². The van der Waals surface area contributed by atoms with Gasteiger partial charge in [-0.05, 0) is 19.2 Å². The summed E-state index contributed by atoms with van der Waals surface area (Å²) in [7, 11) is 1.65. The monoisotopic (exact) mass is 376 g/mol. The van der Waals surface area contributed by atoms with Crippen molar-refractivity contribution in [2.45, 2.75) is 11.8 Å². The lowest BCUT2D eigenvalue weighted by Gasteiger charge is -2.17. The van der Waals surface area contributed by atoms with Gasteiger partial charge in [-0.3, -0.25) is 0 Å². The summed E-state index contributed by atoms with van der Waals surface area (Å²) in [6, 6.07) is 9.88. The molecule has 5 nitrogen and oxygen atoms in total. The van der Waals surface area contributed by atoms with Gasteiger partial charge in [0.1, 0.15) is 31.3 Å². The van der Waals surface area contributed by atoms with E-state index in [2.05, 4.69) is 6.58 Å². The second kappa shape index (κ2) is 10.1. The first-order valence-corrected chi connectivity index (χ1v) is 9.47. The zero-order chi connectivity index (χ0) is 18.9. The molecular formula is C20H24O5S. The molecule has 2 rings (SSSR count). The highest BCUT2D eigenvalue weighted by atomic mass is 32.2. The SMILES string of the molecule is C=C(C)C(=O)OCCOc1c(SC)cc(OCCOC)c2ccccc12. The average Bonchev–Trinajstić information content (AvgIpc) is 2.65. The van der Waals surface area contributed by atoms with Crippen molar-refractivity contribution in [1.29, 1.82) is 0 Å². The molecule has 0 aliphatic heterocycles. The van der Waals surface area contributed by atoms with E-state index in [0.29, 0.717) is 18.8 Å². The van der Waals surface area contributed by atoms with E-state index in [1.54, 1.807) is 25.8 Å². The van der Waals surface area contributed by atoms with Gasteiger partial charge in [0.05, 0.1) is 11.5 Å². The fourth-order valence-electron chi connectivity index (χ4n) is 2.35. The predicted octanol–water partition coefficient (Wildman–Crippen LogP) is 4.09. The van der Waals surface area contributed by atoms with Crippen LogP contribution in [0.3, 0.4) is 0 Å². The highest BCUT2D eigenvalue weighted by Gasteiger charge is 2.14. The Morgan fingerprint density at radius 2 is 1.77 bits per heavy atom. The molecule has 2 aromatic rings. The Hall–Kier alpha value is -2.18. The minimum Gasteiger partial charge on any atom is -0.490 e. The normalized spacial score (nSPS) is 10.6. The average molecular weight is 376 g/mol. The van der Waals surface area contributed by atoms with E-state index in [9.17, 15) is 4.79 Å². The van der Waals surface area contributed by atoms with Crippen molar-refractivity contribution >= 4 is 28.5 Å². The number of hydrogen-bond donors (Lipinski definition) is 0. The molecule has 0 amide bonds. The molecule has 26 heavy (non-hydrogen) atoms. The van der Waals surface area contributed by atoms with Gasteiger partial charge in [-0.15, -0.1) is 11.8 Å². The van der Waals surface area contributed by atoms with Gasteiger partial charge in [0, 0.05) is 23.5 Å². The maximum absolute atomic E-state index is 11.5. The number of hydrogen-bond acceptors (Lipinski definition) is 6. The molecule has 0 bridgehead atoms. The maximum Gasteiger partial charge on any atom is 0.333 e. The van der Waals surface area contributed by atoms with Gasteiger partial charge in [-0.25, -0.2) is 4.79 Å². The quantitative estimate of drug-likeness (QED) is 0.269. The molecule has 0 aromatic heterocycles. The van der Waals surface area contributed by atoms with Crippen molar-refractivity contribution in [2.75, 3.05) is 39.8 Å². The van der Waals surface area contributed by atoms with Gasteiger partial charge in [0.2, 0.25) is 0 Å². The van der Waals surface area contributed by atoms with Crippen LogP contribution in [-0.4, -0.2) is 45.8 Å². The molecule has 0 unspecified atom stereocenters. The first-order valence-electron chi connectivity index (χ1n) is 8.25. The van der Waals surface area contributed by atoms with Gasteiger partial charge in [0.15, 0.2) is 0 Å². The van der Waals surface area contributed by atoms with Crippen LogP contribution >= 0.6 is 11.8 Å². The molecule has 0 saturated heterocycles. The van der Waals surface area contributed by atoms with E-state index in [1.165, 1.54) is 0 Å². The number of esters is 1. The van der Waals surface area contributed by atoms with Gasteiger partial charge in [-0.2, -0.15) is 0 Å². The molecule has 0 aliphatic carbocycles. The van der Waals surface area contributed by atoms with Crippen LogP contribution in [0, 0.1) is 0 Å². The zero-order valence-corrected chi connectivity index (χ0v) is 16.2. The predicted molar refractivity (Wildman–Crippen MR) is 104 cm³/mol. The molecule has 140 valence electrons. The largest absolute Gasteiger partial charge is 0.490 e. The molecule has 0 heterocycles. The molecule has 0 fully saturated rings. The number of carbonyl (C=O) groups is 1. The molecule has 0 spiro atoms. The first-order chi connectivity index (χ1) is 12.6. The minimum atomic E-state index is -0.412. The highest BCUT2D eigenvalue weighted by molar-refractivity contribution is 7.98. The summed E-state index contributed by atoms with van der Waals surface area (Å²) in [6.07, 6.45) is 1.98. The lowest BCUT2D eigenvalue weighted by atomic mass is 10.1. The molecule has 0 atom stereocenters. The lowest BCUT2D eigenvalue weighted by molar-refractivity contribution is -0.139. The third-order valence-corrected chi connectivity index (χ3v) is 4.34. The molecule has 0 saturated carbocycles. The second-order valence-electron chi connectivity index (χ2n) is 5.56. The molecule has 0 N–H and O–H groups in total. The summed E-state index contributed by atoms with van der Waals surface area (Å²) >= 11 is 1.57. The number of thioether (sulfide) groups is 1. The Morgan fingerprint density at radius 1 is 1.08 bits per heavy atom. The van der Waals surface area contributed by atoms with Crippen molar-refractivity contribution in [3.8, 4) is 11.5 Å². The number of methoxy groups -OCH3 is 1. The van der Waals surface area contributed by atoms with Crippen LogP contribution in [0.25, 0.3) is 10.8 Å². The summed E-state index contributed by atoms with van der Waals surface area (Å²) in [5.74, 6) is 1.15. The fourth-order valence-corrected chi connectivity index (χ4v) is 2.93. The fraction of sp³-hybridized carbons (Fsp3) is 0.350. The minimum absolute atomic E-state index is 0.167. The van der Waals surface area contributed by atoms with E-state index < -0.39 is 5.97 Å². The lowest BCUT2D eigenvalue weighted by Crippen LogP contribution is -2.13. The van der Waals surface area contributed by atoms with E-state index in [1.807, 2.05) is 36.6 Å². The van der Waals surface area contributed by atoms with E-state index >= 15 is 0 Å². The number of carbonyl (C=O) groups excluding carboxylic acids is 1. The van der Waals surface area contributed by atoms with Crippen molar-refractivity contribution in [3.63, 3.8) is 0 Å². The number of fused-ring (bicyclic) bond motifs is 1. The van der Waals surface area contributed by atoms with Crippen LogP contribution in [0.4, 0.5) is 0 Å². The Morgan fingerprint density at radius 3 is 2.42 bits per heavy atom. The number of ether oxygens (including phenoxy) is 4. The van der Waals surface area contributed by atoms with Crippen LogP contribution in [0.15, 0.2) is 47.4 Å². The summed E-state index contributed by atoms with van der Waals surface area (Å²) in [6.45, 7) is 6.61. The summed E-state index contributed by atoms with van der Waals surface area (Å²) in [4.78, 5) is 12.4. The second-order valence-corrected chi connectivity index (χ2v) is 6.41. The third-order valence-electron chi connectivity index (χ3n) is 3.60. The van der Waals surface area contributed by atoms with Gasteiger partial charge in [0.25, 0.3) is 0 Å². The van der Waals surface area contributed by atoms with Crippen LogP contribution < -0.4 is 9.47 Å². The molecular weight excluding hydrogens is 352 g/mol. The summed E-state index contributed by atoms with van der Waals surface area (Å²) in [5, 5.41) is 1.92. The van der Waals surface area contributed by atoms with Crippen molar-refractivity contribution in [1.82, 2.24) is 0 Å². The van der Waals surface area contributed by atoms with E-state index in [-0.39, 0.29) is 13.2 Å². The Bertz CT molecular complexity index is 772. The van der Waals surface area contributed by atoms with Crippen LogP contribution in [0.2, 0.25) is 0 Å². The Labute approximate surface area is 158 Å². The highest BCUT2D eigenvalue weighted by Crippen LogP contribution is 2.41. The number of rotatable bonds is 10. The van der Waals surface area contributed by atoms with Crippen LogP contribution in [0.1, 0.15) is 6.92 Å². The standard InChI is InChI=1S/C20H24O5S/c1-14(2)20(21)25-12-11-24-19-16-8-6-5-7-15(16)17(13-18(19)26-4)23-10-9-22-3/h5-8,13H,1,9-12H2,2-4H3. The molecule has 2 aromatic carbocycles. The van der Waals surface area contributed by atoms with Gasteiger partial charge < -0.3 is 18.9 Å². The van der Waals surface area contributed by atoms with Gasteiger partial charge >= 0.3 is 5.97 Å². The van der Waals surface area contributed by atoms with Crippen LogP contribution in [0.5, 0.6) is 11.5 Å². The Kier molecular flexibility index (Phi) is 7.81. The molecule has 0 aliphatic rings. The third kappa shape index (κ3) is 5.16. The topological polar surface area (TPSA) is 54.0 Å². The molecule has 6 heteroatoms.